The molecule has 0 bridgehead atoms. The predicted octanol–water partition coefficient (Wildman–Crippen LogP) is 4.78. The lowest BCUT2D eigenvalue weighted by molar-refractivity contribution is 0.531. The molecule has 1 saturated carbocycles. The molecule has 1 aliphatic heterocycles. The normalized spacial score (nSPS) is 16.5. The van der Waals surface area contributed by atoms with E-state index in [1.54, 1.807) is 10.9 Å². The van der Waals surface area contributed by atoms with Crippen molar-refractivity contribution in [1.29, 1.82) is 0 Å². The number of fused-ring (bicyclic) bond motifs is 3. The second-order valence-corrected chi connectivity index (χ2v) is 10.9. The Kier molecular flexibility index (Phi) is 4.90. The predicted molar refractivity (Wildman–Crippen MR) is 140 cm³/mol. The van der Waals surface area contributed by atoms with Gasteiger partial charge in [-0.2, -0.15) is 0 Å². The number of rotatable bonds is 4. The quantitative estimate of drug-likeness (QED) is 0.451. The number of hydrogen-bond donors (Lipinski definition) is 2. The van der Waals surface area contributed by atoms with Crippen molar-refractivity contribution in [2.45, 2.75) is 64.5 Å². The number of benzene rings is 1. The molecule has 0 atom stereocenters. The first-order valence-corrected chi connectivity index (χ1v) is 12.5. The fourth-order valence-corrected chi connectivity index (χ4v) is 5.32. The summed E-state index contributed by atoms with van der Waals surface area (Å²) in [5.74, 6) is 1.44. The first-order chi connectivity index (χ1) is 16.8. The second-order valence-electron chi connectivity index (χ2n) is 10.9. The number of nitrogens with zero attached hydrogens (tertiary/aromatic N) is 4. The molecule has 0 amide bonds. The van der Waals surface area contributed by atoms with Crippen molar-refractivity contribution >= 4 is 22.4 Å². The van der Waals surface area contributed by atoms with Crippen LogP contribution in [0.3, 0.4) is 0 Å². The number of anilines is 2. The Balaban J connectivity index is 1.42. The van der Waals surface area contributed by atoms with Gasteiger partial charge in [0.1, 0.15) is 5.82 Å². The summed E-state index contributed by atoms with van der Waals surface area (Å²) >= 11 is 0. The van der Waals surface area contributed by atoms with Crippen LogP contribution in [0.5, 0.6) is 0 Å². The van der Waals surface area contributed by atoms with Gasteiger partial charge in [0, 0.05) is 54.1 Å². The fraction of sp³-hybridized carbons (Fsp3) is 0.393. The van der Waals surface area contributed by atoms with Gasteiger partial charge >= 0.3 is 0 Å². The summed E-state index contributed by atoms with van der Waals surface area (Å²) in [6, 6.07) is 14.6. The highest BCUT2D eigenvalue weighted by atomic mass is 16.1. The van der Waals surface area contributed by atoms with Crippen molar-refractivity contribution in [2.24, 2.45) is 0 Å². The first-order valence-electron chi connectivity index (χ1n) is 12.5. The largest absolute Gasteiger partial charge is 0.340 e. The van der Waals surface area contributed by atoms with Crippen LogP contribution in [0.4, 0.5) is 11.5 Å². The first kappa shape index (κ1) is 22.0. The second kappa shape index (κ2) is 7.78. The van der Waals surface area contributed by atoms with E-state index in [1.807, 2.05) is 35.9 Å². The molecule has 3 aromatic heterocycles. The van der Waals surface area contributed by atoms with Crippen LogP contribution < -0.4 is 16.2 Å². The van der Waals surface area contributed by atoms with Crippen molar-refractivity contribution in [3.05, 3.63) is 75.8 Å². The summed E-state index contributed by atoms with van der Waals surface area (Å²) in [5, 5.41) is 7.63. The summed E-state index contributed by atoms with van der Waals surface area (Å²) in [5.41, 5.74) is 5.84. The highest BCUT2D eigenvalue weighted by Gasteiger charge is 2.46. The minimum Gasteiger partial charge on any atom is -0.340 e. The van der Waals surface area contributed by atoms with E-state index >= 15 is 0 Å². The van der Waals surface area contributed by atoms with E-state index in [9.17, 15) is 4.79 Å². The molecular weight excluding hydrogens is 436 g/mol. The zero-order valence-electron chi connectivity index (χ0n) is 20.9. The highest BCUT2D eigenvalue weighted by molar-refractivity contribution is 5.82. The van der Waals surface area contributed by atoms with E-state index < -0.39 is 0 Å². The van der Waals surface area contributed by atoms with Gasteiger partial charge in [-0.25, -0.2) is 19.3 Å². The van der Waals surface area contributed by atoms with Gasteiger partial charge in [0.05, 0.1) is 10.9 Å². The maximum absolute atomic E-state index is 13.2. The Hall–Kier alpha value is -3.45. The van der Waals surface area contributed by atoms with Gasteiger partial charge in [0.25, 0.3) is 5.56 Å². The van der Waals surface area contributed by atoms with Crippen LogP contribution >= 0.6 is 0 Å². The Morgan fingerprint density at radius 3 is 2.71 bits per heavy atom. The van der Waals surface area contributed by atoms with Crippen molar-refractivity contribution in [3.63, 3.8) is 0 Å². The van der Waals surface area contributed by atoms with Crippen molar-refractivity contribution in [3.8, 4) is 5.82 Å². The van der Waals surface area contributed by atoms with Gasteiger partial charge in [0.2, 0.25) is 0 Å². The van der Waals surface area contributed by atoms with Crippen molar-refractivity contribution in [2.75, 3.05) is 11.9 Å². The van der Waals surface area contributed by atoms with Crippen LogP contribution in [0.25, 0.3) is 16.7 Å². The van der Waals surface area contributed by atoms with Gasteiger partial charge in [-0.1, -0.05) is 32.9 Å². The highest BCUT2D eigenvalue weighted by Crippen LogP contribution is 2.50. The third-order valence-corrected chi connectivity index (χ3v) is 7.42. The number of nitrogens with one attached hydrogen (secondary N) is 2. The van der Waals surface area contributed by atoms with Gasteiger partial charge < -0.3 is 10.6 Å². The molecule has 1 aliphatic carbocycles. The van der Waals surface area contributed by atoms with Crippen LogP contribution in [-0.2, 0) is 23.9 Å². The molecule has 1 spiro atoms. The zero-order valence-corrected chi connectivity index (χ0v) is 20.9. The van der Waals surface area contributed by atoms with Gasteiger partial charge in [-0.3, -0.25) is 4.79 Å². The molecule has 1 fully saturated rings. The third-order valence-electron chi connectivity index (χ3n) is 7.42. The number of pyridine rings is 2. The van der Waals surface area contributed by atoms with Crippen molar-refractivity contribution < 1.29 is 0 Å². The molecule has 7 heteroatoms. The molecular formula is C28H32N6O. The topological polar surface area (TPSA) is 76.8 Å². The molecule has 180 valence electrons. The lowest BCUT2D eigenvalue weighted by Crippen LogP contribution is -2.33. The molecule has 0 unspecified atom stereocenters. The summed E-state index contributed by atoms with van der Waals surface area (Å²) in [6.45, 7) is 10.9. The molecule has 0 radical (unpaired) electrons. The molecule has 0 saturated heterocycles. The maximum atomic E-state index is 13.2. The van der Waals surface area contributed by atoms with Crippen LogP contribution in [0.1, 0.15) is 57.4 Å². The van der Waals surface area contributed by atoms with Crippen LogP contribution in [0, 0.1) is 0 Å². The van der Waals surface area contributed by atoms with Crippen LogP contribution in [0.2, 0.25) is 0 Å². The molecule has 2 aliphatic rings. The van der Waals surface area contributed by atoms with E-state index in [0.29, 0.717) is 23.2 Å². The summed E-state index contributed by atoms with van der Waals surface area (Å²) in [4.78, 5) is 22.7. The van der Waals surface area contributed by atoms with E-state index in [-0.39, 0.29) is 11.0 Å². The third kappa shape index (κ3) is 3.65. The van der Waals surface area contributed by atoms with Gasteiger partial charge in [0.15, 0.2) is 5.82 Å². The average molecular weight is 469 g/mol. The molecule has 1 aromatic carbocycles. The average Bonchev–Trinajstić information content (AvgIpc) is 3.55. The molecule has 6 rings (SSSR count). The zero-order chi connectivity index (χ0) is 24.4. The van der Waals surface area contributed by atoms with E-state index in [2.05, 4.69) is 54.6 Å². The fourth-order valence-electron chi connectivity index (χ4n) is 5.32. The Morgan fingerprint density at radius 1 is 1.14 bits per heavy atom. The standard InChI is InChI=1S/C28H32N6O/c1-5-33-26(35)20-16-30-24(14-22(20)34(33)25-8-6-7-23(32-25)27(2,3)4)31-19-9-10-21-18(13-19)15-29-17-28(21)11-12-28/h6-10,13-14,16,29H,5,11-12,15,17H2,1-4H3,(H,30,31). The SMILES string of the molecule is CCn1c(=O)c2cnc(Nc3ccc4c(c3)CNCC43CC3)cc2n1-c1cccc(C(C)(C)C)n1. The summed E-state index contributed by atoms with van der Waals surface area (Å²) in [6.07, 6.45) is 4.22. The van der Waals surface area contributed by atoms with Gasteiger partial charge in [-0.15, -0.1) is 0 Å². The van der Waals surface area contributed by atoms with Crippen LogP contribution in [-0.4, -0.2) is 25.9 Å². The smallest absolute Gasteiger partial charge is 0.276 e. The lowest BCUT2D eigenvalue weighted by Gasteiger charge is -2.26. The minimum atomic E-state index is -0.0923. The summed E-state index contributed by atoms with van der Waals surface area (Å²) < 4.78 is 3.65. The lowest BCUT2D eigenvalue weighted by atomic mass is 9.88. The van der Waals surface area contributed by atoms with Crippen molar-refractivity contribution in [1.82, 2.24) is 24.6 Å². The Labute approximate surface area is 205 Å². The Bertz CT molecular complexity index is 1500. The molecule has 7 nitrogen and oxygen atoms in total. The molecule has 4 aromatic rings. The molecule has 35 heavy (non-hydrogen) atoms. The van der Waals surface area contributed by atoms with E-state index in [0.717, 1.165) is 35.8 Å². The van der Waals surface area contributed by atoms with E-state index in [1.165, 1.54) is 24.0 Å². The monoisotopic (exact) mass is 468 g/mol. The number of hydrogen-bond acceptors (Lipinski definition) is 5. The Morgan fingerprint density at radius 2 is 1.97 bits per heavy atom. The molecule has 4 heterocycles. The van der Waals surface area contributed by atoms with Gasteiger partial charge in [-0.05, 0) is 55.2 Å². The minimum absolute atomic E-state index is 0.0564. The van der Waals surface area contributed by atoms with E-state index in [4.69, 9.17) is 4.98 Å². The summed E-state index contributed by atoms with van der Waals surface area (Å²) in [7, 11) is 0. The molecule has 2 N–H and O–H groups in total. The maximum Gasteiger partial charge on any atom is 0.276 e. The van der Waals surface area contributed by atoms with Crippen LogP contribution in [0.15, 0.2) is 53.5 Å². The number of aromatic nitrogens is 4.